The predicted octanol–water partition coefficient (Wildman–Crippen LogP) is 10.6. The highest BCUT2D eigenvalue weighted by atomic mass is 14.9. The molecule has 214 valence electrons. The lowest BCUT2D eigenvalue weighted by molar-refractivity contribution is 0.681. The van der Waals surface area contributed by atoms with E-state index in [1.807, 2.05) is 0 Å². The van der Waals surface area contributed by atoms with Crippen LogP contribution in [0.4, 0.5) is 0 Å². The van der Waals surface area contributed by atoms with Crippen molar-refractivity contribution in [2.24, 2.45) is 0 Å². The van der Waals surface area contributed by atoms with Crippen molar-refractivity contribution in [3.05, 3.63) is 155 Å². The normalized spacial score (nSPS) is 17.5. The number of hydrogen-bond donors (Lipinski definition) is 0. The van der Waals surface area contributed by atoms with E-state index in [-0.39, 0.29) is 5.92 Å². The average molecular weight is 577 g/mol. The maximum absolute atomic E-state index is 5.33. The van der Waals surface area contributed by atoms with Crippen molar-refractivity contribution in [2.75, 3.05) is 0 Å². The fourth-order valence-electron chi connectivity index (χ4n) is 8.90. The minimum atomic E-state index is 0.0801. The Morgan fingerprint density at radius 3 is 2.24 bits per heavy atom. The monoisotopic (exact) mass is 576 g/mol. The maximum atomic E-state index is 5.33. The Balaban J connectivity index is 1.41. The van der Waals surface area contributed by atoms with Crippen LogP contribution in [-0.4, -0.2) is 9.97 Å². The van der Waals surface area contributed by atoms with Gasteiger partial charge in [0.15, 0.2) is 0 Å². The number of hydrogen-bond acceptors (Lipinski definition) is 2. The predicted molar refractivity (Wildman–Crippen MR) is 185 cm³/mol. The second-order valence-electron chi connectivity index (χ2n) is 13.1. The summed E-state index contributed by atoms with van der Waals surface area (Å²) >= 11 is 0. The lowest BCUT2D eigenvalue weighted by atomic mass is 9.74. The highest BCUT2D eigenvalue weighted by Gasteiger charge is 2.38. The van der Waals surface area contributed by atoms with Gasteiger partial charge in [-0.15, -0.1) is 0 Å². The summed E-state index contributed by atoms with van der Waals surface area (Å²) in [7, 11) is 0. The van der Waals surface area contributed by atoms with Crippen LogP contribution < -0.4 is 0 Å². The molecule has 10 rings (SSSR count). The number of fused-ring (bicyclic) bond motifs is 15. The quantitative estimate of drug-likeness (QED) is 0.194. The first-order valence-electron chi connectivity index (χ1n) is 16.4. The molecule has 0 spiro atoms. The highest BCUT2D eigenvalue weighted by molar-refractivity contribution is 6.05. The number of aryl methyl sites for hydroxylation is 2. The first kappa shape index (κ1) is 25.3. The minimum absolute atomic E-state index is 0.0801. The van der Waals surface area contributed by atoms with E-state index in [0.29, 0.717) is 5.92 Å². The second kappa shape index (κ2) is 9.46. The Morgan fingerprint density at radius 2 is 1.31 bits per heavy atom. The topological polar surface area (TPSA) is 25.8 Å². The van der Waals surface area contributed by atoms with Gasteiger partial charge in [-0.05, 0) is 117 Å². The molecule has 2 unspecified atom stereocenters. The van der Waals surface area contributed by atoms with Crippen molar-refractivity contribution < 1.29 is 0 Å². The van der Waals surface area contributed by atoms with Crippen LogP contribution in [0.5, 0.6) is 0 Å². The summed E-state index contributed by atoms with van der Waals surface area (Å²) in [5, 5.41) is 3.80. The smallest absolute Gasteiger partial charge is 0.136 e. The van der Waals surface area contributed by atoms with Crippen molar-refractivity contribution in [3.63, 3.8) is 0 Å². The summed E-state index contributed by atoms with van der Waals surface area (Å²) in [5.74, 6) is 1.39. The number of nitrogens with zero attached hydrogens (tertiary/aromatic N) is 2. The van der Waals surface area contributed by atoms with E-state index in [9.17, 15) is 0 Å². The van der Waals surface area contributed by atoms with Crippen LogP contribution >= 0.6 is 0 Å². The molecule has 0 fully saturated rings. The van der Waals surface area contributed by atoms with Crippen molar-refractivity contribution in [3.8, 4) is 33.4 Å². The molecule has 6 aromatic carbocycles. The van der Waals surface area contributed by atoms with Crippen molar-refractivity contribution in [1.29, 1.82) is 0 Å². The third kappa shape index (κ3) is 3.57. The van der Waals surface area contributed by atoms with Crippen molar-refractivity contribution >= 4 is 21.7 Å². The van der Waals surface area contributed by atoms with Crippen molar-refractivity contribution in [2.45, 2.75) is 44.4 Å². The Kier molecular flexibility index (Phi) is 5.31. The molecule has 0 saturated heterocycles. The van der Waals surface area contributed by atoms with E-state index in [2.05, 4.69) is 122 Å². The molecule has 1 heterocycles. The summed E-state index contributed by atoms with van der Waals surface area (Å²) in [4.78, 5) is 10.6. The van der Waals surface area contributed by atoms with Gasteiger partial charge in [-0.25, -0.2) is 9.97 Å². The Hall–Kier alpha value is -5.08. The zero-order chi connectivity index (χ0) is 29.6. The van der Waals surface area contributed by atoms with Gasteiger partial charge < -0.3 is 0 Å². The SMILES string of the molecule is Cc1nc(C2CCc3ccccc3-c3cc4c5c(c32)-c2c(ccc3ccccc23)C(CC5)c2ccccc2-4)nc2ccccc12. The zero-order valence-corrected chi connectivity index (χ0v) is 25.3. The lowest BCUT2D eigenvalue weighted by Crippen LogP contribution is -2.13. The van der Waals surface area contributed by atoms with Crippen LogP contribution in [0.2, 0.25) is 0 Å². The van der Waals surface area contributed by atoms with Crippen LogP contribution in [-0.2, 0) is 12.8 Å². The molecule has 0 radical (unpaired) electrons. The molecule has 3 aliphatic rings. The van der Waals surface area contributed by atoms with Gasteiger partial charge in [0.25, 0.3) is 0 Å². The van der Waals surface area contributed by atoms with Gasteiger partial charge in [-0.1, -0.05) is 103 Å². The van der Waals surface area contributed by atoms with Crippen LogP contribution in [0, 0.1) is 6.92 Å². The summed E-state index contributed by atoms with van der Waals surface area (Å²) in [6.07, 6.45) is 4.16. The Labute approximate surface area is 263 Å². The van der Waals surface area contributed by atoms with Crippen LogP contribution in [0.15, 0.2) is 115 Å². The highest BCUT2D eigenvalue weighted by Crippen LogP contribution is 2.57. The summed E-state index contributed by atoms with van der Waals surface area (Å²) in [5.41, 5.74) is 17.8. The summed E-state index contributed by atoms with van der Waals surface area (Å²) in [6, 6.07) is 43.1. The first-order valence-corrected chi connectivity index (χ1v) is 16.4. The van der Waals surface area contributed by atoms with E-state index in [0.717, 1.165) is 48.1 Å². The van der Waals surface area contributed by atoms with Gasteiger partial charge in [-0.2, -0.15) is 0 Å². The van der Waals surface area contributed by atoms with Gasteiger partial charge >= 0.3 is 0 Å². The van der Waals surface area contributed by atoms with E-state index >= 15 is 0 Å². The molecular formula is C43H32N2. The number of para-hydroxylation sites is 1. The second-order valence-corrected chi connectivity index (χ2v) is 13.1. The molecule has 0 aliphatic heterocycles. The largest absolute Gasteiger partial charge is 0.237 e. The average Bonchev–Trinajstić information content (AvgIpc) is 3.44. The fraction of sp³-hybridized carbons (Fsp3) is 0.163. The third-order valence-electron chi connectivity index (χ3n) is 10.9. The van der Waals surface area contributed by atoms with Crippen LogP contribution in [0.3, 0.4) is 0 Å². The van der Waals surface area contributed by atoms with Gasteiger partial charge in [0.1, 0.15) is 5.82 Å². The molecule has 0 amide bonds. The first-order chi connectivity index (χ1) is 22.2. The standard InChI is InChI=1S/C43H32N2/c1-25-28-12-8-9-17-39(28)45-43(44-25)36-21-19-26-10-2-4-13-29(26)38-24-37-32-16-7-6-15-31(32)33-22-23-35(37)42(41(36)38)40-30-14-5-3-11-27(30)18-20-34(33)40/h2-18,20,24,33,36H,19,21-23H2,1H3. The minimum Gasteiger partial charge on any atom is -0.237 e. The molecule has 7 aromatic rings. The fourth-order valence-corrected chi connectivity index (χ4v) is 8.90. The van der Waals surface area contributed by atoms with Gasteiger partial charge in [0, 0.05) is 22.9 Å². The van der Waals surface area contributed by atoms with E-state index in [1.165, 1.54) is 72.0 Å². The summed E-state index contributed by atoms with van der Waals surface area (Å²) in [6.45, 7) is 2.14. The van der Waals surface area contributed by atoms with Gasteiger partial charge in [0.05, 0.1) is 5.52 Å². The maximum Gasteiger partial charge on any atom is 0.136 e. The van der Waals surface area contributed by atoms with E-state index in [1.54, 1.807) is 0 Å². The molecular weight excluding hydrogens is 544 g/mol. The summed E-state index contributed by atoms with van der Waals surface area (Å²) < 4.78 is 0. The Morgan fingerprint density at radius 1 is 0.556 bits per heavy atom. The lowest BCUT2D eigenvalue weighted by Gasteiger charge is -2.30. The number of benzene rings is 6. The molecule has 2 bridgehead atoms. The molecule has 3 aliphatic carbocycles. The molecule has 45 heavy (non-hydrogen) atoms. The number of rotatable bonds is 1. The van der Waals surface area contributed by atoms with Crippen LogP contribution in [0.1, 0.15) is 64.0 Å². The molecule has 2 heteroatoms. The molecule has 0 N–H and O–H groups in total. The molecule has 0 saturated carbocycles. The molecule has 2 nitrogen and oxygen atoms in total. The van der Waals surface area contributed by atoms with E-state index < -0.39 is 0 Å². The molecule has 2 atom stereocenters. The zero-order valence-electron chi connectivity index (χ0n) is 25.3. The van der Waals surface area contributed by atoms with Crippen molar-refractivity contribution in [1.82, 2.24) is 9.97 Å². The van der Waals surface area contributed by atoms with E-state index in [4.69, 9.17) is 9.97 Å². The van der Waals surface area contributed by atoms with Gasteiger partial charge in [0.2, 0.25) is 0 Å². The third-order valence-corrected chi connectivity index (χ3v) is 10.9. The Bertz CT molecular complexity index is 2360. The van der Waals surface area contributed by atoms with Crippen LogP contribution in [0.25, 0.3) is 55.1 Å². The van der Waals surface area contributed by atoms with Gasteiger partial charge in [-0.3, -0.25) is 0 Å². The number of aromatic nitrogens is 2. The molecule has 1 aromatic heterocycles.